The number of nitrogens with one attached hydrogen (secondary N) is 1. The minimum atomic E-state index is -3.61. The molecule has 0 unspecified atom stereocenters. The lowest BCUT2D eigenvalue weighted by Crippen LogP contribution is -2.51. The van der Waals surface area contributed by atoms with Gasteiger partial charge in [-0.05, 0) is 68.7 Å². The smallest absolute Gasteiger partial charge is 0.240 e. The van der Waals surface area contributed by atoms with Crippen molar-refractivity contribution in [2.75, 3.05) is 32.7 Å². The van der Waals surface area contributed by atoms with Crippen molar-refractivity contribution in [3.05, 3.63) is 29.8 Å². The van der Waals surface area contributed by atoms with Crippen LogP contribution < -0.4 is 4.72 Å². The van der Waals surface area contributed by atoms with Gasteiger partial charge in [-0.25, -0.2) is 13.1 Å². The summed E-state index contributed by atoms with van der Waals surface area (Å²) in [5, 5.41) is 8.86. The van der Waals surface area contributed by atoms with Crippen molar-refractivity contribution in [1.82, 2.24) is 14.5 Å². The van der Waals surface area contributed by atoms with Crippen molar-refractivity contribution >= 4 is 15.9 Å². The largest absolute Gasteiger partial charge is 0.340 e. The maximum Gasteiger partial charge on any atom is 0.240 e. The number of amides is 1. The van der Waals surface area contributed by atoms with Crippen LogP contribution in [0.4, 0.5) is 0 Å². The van der Waals surface area contributed by atoms with Gasteiger partial charge in [-0.3, -0.25) is 9.69 Å². The first-order valence-electron chi connectivity index (χ1n) is 11.0. The van der Waals surface area contributed by atoms with E-state index in [9.17, 15) is 13.2 Å². The van der Waals surface area contributed by atoms with Gasteiger partial charge in [0.25, 0.3) is 0 Å². The summed E-state index contributed by atoms with van der Waals surface area (Å²) in [7, 11) is -3.61. The van der Waals surface area contributed by atoms with E-state index in [2.05, 4.69) is 9.62 Å². The van der Waals surface area contributed by atoms with Crippen LogP contribution in [-0.4, -0.2) is 62.9 Å². The number of hydrogen-bond donors (Lipinski definition) is 1. The molecular formula is C22H30N4O3S. The summed E-state index contributed by atoms with van der Waals surface area (Å²) >= 11 is 0. The Morgan fingerprint density at radius 2 is 1.63 bits per heavy atom. The molecule has 0 radical (unpaired) electrons. The van der Waals surface area contributed by atoms with E-state index in [0.29, 0.717) is 18.4 Å². The van der Waals surface area contributed by atoms with Gasteiger partial charge >= 0.3 is 0 Å². The summed E-state index contributed by atoms with van der Waals surface area (Å²) < 4.78 is 28.0. The molecule has 1 aromatic rings. The lowest BCUT2D eigenvalue weighted by molar-refractivity contribution is -0.138. The predicted molar refractivity (Wildman–Crippen MR) is 113 cm³/mol. The summed E-state index contributed by atoms with van der Waals surface area (Å²) in [6.07, 6.45) is 5.51. The molecule has 3 fully saturated rings. The SMILES string of the molecule is N#Cc1ccc(S(=O)(=O)N[C@H]2CC[C@H](C(=O)N3CCN(CC4CC4)CC3)CC2)cc1. The number of nitrogens with zero attached hydrogens (tertiary/aromatic N) is 3. The van der Waals surface area contributed by atoms with Crippen molar-refractivity contribution in [1.29, 1.82) is 5.26 Å². The first kappa shape index (κ1) is 21.3. The van der Waals surface area contributed by atoms with Crippen molar-refractivity contribution in [3.8, 4) is 6.07 Å². The second-order valence-electron chi connectivity index (χ2n) is 8.88. The summed E-state index contributed by atoms with van der Waals surface area (Å²) in [4.78, 5) is 17.6. The molecule has 1 aromatic carbocycles. The third-order valence-corrected chi connectivity index (χ3v) is 8.13. The molecule has 0 spiro atoms. The van der Waals surface area contributed by atoms with Crippen molar-refractivity contribution in [2.24, 2.45) is 11.8 Å². The van der Waals surface area contributed by atoms with Crippen LogP contribution in [0.5, 0.6) is 0 Å². The maximum atomic E-state index is 12.9. The normalized spacial score (nSPS) is 25.6. The molecule has 0 bridgehead atoms. The fourth-order valence-corrected chi connectivity index (χ4v) is 5.83. The molecular weight excluding hydrogens is 400 g/mol. The summed E-state index contributed by atoms with van der Waals surface area (Å²) in [5.74, 6) is 1.14. The summed E-state index contributed by atoms with van der Waals surface area (Å²) in [5.41, 5.74) is 0.432. The highest BCUT2D eigenvalue weighted by Crippen LogP contribution is 2.31. The Labute approximate surface area is 179 Å². The number of benzene rings is 1. The van der Waals surface area contributed by atoms with Gasteiger partial charge in [0.2, 0.25) is 15.9 Å². The average Bonchev–Trinajstić information content (AvgIpc) is 3.58. The Balaban J connectivity index is 1.24. The number of carbonyl (C=O) groups excluding carboxylic acids is 1. The molecule has 1 amide bonds. The first-order chi connectivity index (χ1) is 14.4. The van der Waals surface area contributed by atoms with Gasteiger partial charge in [-0.2, -0.15) is 5.26 Å². The lowest BCUT2D eigenvalue weighted by Gasteiger charge is -2.38. The molecule has 1 N–H and O–H groups in total. The summed E-state index contributed by atoms with van der Waals surface area (Å²) in [6.45, 7) is 4.77. The number of piperazine rings is 1. The molecule has 8 heteroatoms. The van der Waals surface area contributed by atoms with E-state index in [1.165, 1.54) is 43.7 Å². The molecule has 7 nitrogen and oxygen atoms in total. The number of nitriles is 1. The average molecular weight is 431 g/mol. The van der Waals surface area contributed by atoms with Crippen molar-refractivity contribution in [2.45, 2.75) is 49.5 Å². The van der Waals surface area contributed by atoms with Crippen LogP contribution in [0.25, 0.3) is 0 Å². The van der Waals surface area contributed by atoms with Crippen LogP contribution in [0.15, 0.2) is 29.2 Å². The Morgan fingerprint density at radius 1 is 1.00 bits per heavy atom. The molecule has 1 heterocycles. The standard InChI is InChI=1S/C22H30N4O3S/c23-15-17-3-9-21(10-4-17)30(28,29)24-20-7-5-19(6-8-20)22(27)26-13-11-25(12-14-26)16-18-1-2-18/h3-4,9-10,18-20,24H,1-2,5-8,11-14,16H2/t19-,20-. The molecule has 30 heavy (non-hydrogen) atoms. The second kappa shape index (κ2) is 9.04. The third-order valence-electron chi connectivity index (χ3n) is 6.59. The topological polar surface area (TPSA) is 93.5 Å². The molecule has 4 rings (SSSR count). The van der Waals surface area contributed by atoms with E-state index < -0.39 is 10.0 Å². The van der Waals surface area contributed by atoms with Crippen LogP contribution in [0, 0.1) is 23.2 Å². The molecule has 0 aromatic heterocycles. The molecule has 3 aliphatic rings. The highest BCUT2D eigenvalue weighted by molar-refractivity contribution is 7.89. The highest BCUT2D eigenvalue weighted by Gasteiger charge is 2.33. The third kappa shape index (κ3) is 5.20. The van der Waals surface area contributed by atoms with Crippen LogP contribution >= 0.6 is 0 Å². The molecule has 0 atom stereocenters. The van der Waals surface area contributed by atoms with Crippen molar-refractivity contribution < 1.29 is 13.2 Å². The van der Waals surface area contributed by atoms with Crippen LogP contribution in [0.2, 0.25) is 0 Å². The fraction of sp³-hybridized carbons (Fsp3) is 0.636. The van der Waals surface area contributed by atoms with E-state index in [0.717, 1.165) is 44.9 Å². The quantitative estimate of drug-likeness (QED) is 0.745. The monoisotopic (exact) mass is 430 g/mol. The van der Waals surface area contributed by atoms with E-state index in [1.54, 1.807) is 0 Å². The minimum Gasteiger partial charge on any atom is -0.340 e. The van der Waals surface area contributed by atoms with Gasteiger partial charge in [0.1, 0.15) is 0 Å². The number of hydrogen-bond acceptors (Lipinski definition) is 5. The van der Waals surface area contributed by atoms with Gasteiger partial charge in [-0.15, -0.1) is 0 Å². The Hall–Kier alpha value is -1.95. The molecule has 1 saturated heterocycles. The number of rotatable bonds is 6. The van der Waals surface area contributed by atoms with Gasteiger partial charge in [0, 0.05) is 44.7 Å². The second-order valence-corrected chi connectivity index (χ2v) is 10.6. The van der Waals surface area contributed by atoms with E-state index in [-0.39, 0.29) is 22.8 Å². The number of sulfonamides is 1. The number of carbonyl (C=O) groups is 1. The van der Waals surface area contributed by atoms with Gasteiger partial charge in [0.05, 0.1) is 16.5 Å². The summed E-state index contributed by atoms with van der Waals surface area (Å²) in [6, 6.07) is 7.77. The van der Waals surface area contributed by atoms with E-state index in [4.69, 9.17) is 5.26 Å². The van der Waals surface area contributed by atoms with Crippen LogP contribution in [0.1, 0.15) is 44.1 Å². The van der Waals surface area contributed by atoms with E-state index >= 15 is 0 Å². The van der Waals surface area contributed by atoms with Gasteiger partial charge in [-0.1, -0.05) is 0 Å². The highest BCUT2D eigenvalue weighted by atomic mass is 32.2. The lowest BCUT2D eigenvalue weighted by atomic mass is 9.85. The van der Waals surface area contributed by atoms with Crippen LogP contribution in [-0.2, 0) is 14.8 Å². The molecule has 2 saturated carbocycles. The van der Waals surface area contributed by atoms with Crippen molar-refractivity contribution in [3.63, 3.8) is 0 Å². The first-order valence-corrected chi connectivity index (χ1v) is 12.5. The zero-order valence-electron chi connectivity index (χ0n) is 17.3. The Kier molecular flexibility index (Phi) is 6.42. The predicted octanol–water partition coefficient (Wildman–Crippen LogP) is 1.95. The zero-order valence-corrected chi connectivity index (χ0v) is 18.1. The van der Waals surface area contributed by atoms with Gasteiger partial charge < -0.3 is 4.90 Å². The molecule has 162 valence electrons. The fourth-order valence-electron chi connectivity index (χ4n) is 4.53. The molecule has 1 aliphatic heterocycles. The zero-order chi connectivity index (χ0) is 21.1. The van der Waals surface area contributed by atoms with E-state index in [1.807, 2.05) is 11.0 Å². The Morgan fingerprint density at radius 3 is 2.20 bits per heavy atom. The van der Waals surface area contributed by atoms with Crippen LogP contribution in [0.3, 0.4) is 0 Å². The van der Waals surface area contributed by atoms with Gasteiger partial charge in [0.15, 0.2) is 0 Å². The maximum absolute atomic E-state index is 12.9. The Bertz CT molecular complexity index is 889. The minimum absolute atomic E-state index is 0.00986. The molecule has 2 aliphatic carbocycles.